The minimum Gasteiger partial charge on any atom is -0.404 e. The predicted octanol–water partition coefficient (Wildman–Crippen LogP) is 5.79. The van der Waals surface area contributed by atoms with Crippen molar-refractivity contribution in [1.29, 1.82) is 5.26 Å². The highest BCUT2D eigenvalue weighted by atomic mass is 28.4. The minimum absolute atomic E-state index is 0.0458. The van der Waals surface area contributed by atoms with Crippen LogP contribution in [0.5, 0.6) is 0 Å². The van der Waals surface area contributed by atoms with Crippen LogP contribution >= 0.6 is 0 Å². The van der Waals surface area contributed by atoms with Gasteiger partial charge in [-0.15, -0.1) is 0 Å². The van der Waals surface area contributed by atoms with Gasteiger partial charge in [-0.25, -0.2) is 0 Å². The number of nitriles is 1. The van der Waals surface area contributed by atoms with Crippen LogP contribution in [0.3, 0.4) is 0 Å². The van der Waals surface area contributed by atoms with Crippen molar-refractivity contribution < 1.29 is 9.53 Å². The smallest absolute Gasteiger partial charge is 0.261 e. The molecule has 1 aliphatic carbocycles. The van der Waals surface area contributed by atoms with Crippen LogP contribution < -0.4 is 10.4 Å². The van der Waals surface area contributed by atoms with Gasteiger partial charge in [-0.1, -0.05) is 106 Å². The van der Waals surface area contributed by atoms with E-state index >= 15 is 0 Å². The molecule has 1 N–H and O–H groups in total. The second-order valence-corrected chi connectivity index (χ2v) is 15.6. The topological polar surface area (TPSA) is 53.2 Å². The van der Waals surface area contributed by atoms with Crippen molar-refractivity contribution in [3.05, 3.63) is 96.1 Å². The van der Waals surface area contributed by atoms with Gasteiger partial charge >= 0.3 is 0 Å². The van der Waals surface area contributed by atoms with Gasteiger partial charge in [0.25, 0.3) is 8.32 Å². The van der Waals surface area contributed by atoms with Crippen LogP contribution in [0.25, 0.3) is 0 Å². The van der Waals surface area contributed by atoms with E-state index in [4.69, 9.17) is 4.43 Å². The van der Waals surface area contributed by atoms with Gasteiger partial charge in [-0.2, -0.15) is 5.26 Å². The maximum Gasteiger partial charge on any atom is 0.261 e. The molecule has 3 aromatic rings. The Morgan fingerprint density at radius 2 is 1.36 bits per heavy atom. The SMILES string of the molecule is CC(C)(C)[Si](OC1CCC(C#N)(Cc2ccc(CCO)cc2)CC1)(c1ccccc1)c1ccccc1. The molecule has 3 aromatic carbocycles. The Bertz CT molecular complexity index is 1100. The van der Waals surface area contributed by atoms with Crippen molar-refractivity contribution in [3.8, 4) is 6.07 Å². The Morgan fingerprint density at radius 3 is 1.81 bits per heavy atom. The Balaban J connectivity index is 1.57. The molecule has 0 bridgehead atoms. The third-order valence-electron chi connectivity index (χ3n) is 7.85. The van der Waals surface area contributed by atoms with Crippen LogP contribution in [0.1, 0.15) is 57.6 Å². The normalized spacial score (nSPS) is 20.6. The van der Waals surface area contributed by atoms with E-state index in [-0.39, 0.29) is 23.2 Å². The van der Waals surface area contributed by atoms with E-state index in [1.807, 2.05) is 0 Å². The number of nitrogens with zero attached hydrogens (tertiary/aromatic N) is 1. The van der Waals surface area contributed by atoms with Gasteiger partial charge in [0, 0.05) is 12.7 Å². The van der Waals surface area contributed by atoms with Gasteiger partial charge in [-0.3, -0.25) is 0 Å². The van der Waals surface area contributed by atoms with Gasteiger partial charge < -0.3 is 9.53 Å². The minimum atomic E-state index is -2.58. The first-order chi connectivity index (χ1) is 17.3. The molecule has 0 atom stereocenters. The lowest BCUT2D eigenvalue weighted by molar-refractivity contribution is 0.0983. The summed E-state index contributed by atoms with van der Waals surface area (Å²) in [4.78, 5) is 0. The summed E-state index contributed by atoms with van der Waals surface area (Å²) in [5.41, 5.74) is 1.99. The second-order valence-electron chi connectivity index (χ2n) is 11.3. The molecule has 36 heavy (non-hydrogen) atoms. The molecule has 0 saturated heterocycles. The molecule has 0 aromatic heterocycles. The molecule has 1 aliphatic rings. The average molecular weight is 498 g/mol. The van der Waals surface area contributed by atoms with E-state index in [9.17, 15) is 10.4 Å². The van der Waals surface area contributed by atoms with E-state index in [2.05, 4.69) is 112 Å². The van der Waals surface area contributed by atoms with Gasteiger partial charge in [0.2, 0.25) is 0 Å². The van der Waals surface area contributed by atoms with Crippen molar-refractivity contribution in [3.63, 3.8) is 0 Å². The summed E-state index contributed by atoms with van der Waals surface area (Å²) in [5, 5.41) is 22.0. The molecule has 1 saturated carbocycles. The highest BCUT2D eigenvalue weighted by Gasteiger charge is 2.52. The van der Waals surface area contributed by atoms with Crippen molar-refractivity contribution in [2.45, 2.75) is 70.4 Å². The maximum absolute atomic E-state index is 10.2. The molecule has 0 amide bonds. The average Bonchev–Trinajstić information content (AvgIpc) is 2.90. The summed E-state index contributed by atoms with van der Waals surface area (Å²) in [5.74, 6) is 0. The lowest BCUT2D eigenvalue weighted by Gasteiger charge is -2.47. The first-order valence-corrected chi connectivity index (χ1v) is 15.1. The van der Waals surface area contributed by atoms with Gasteiger partial charge in [-0.05, 0) is 65.1 Å². The number of aliphatic hydroxyl groups excluding tert-OH is 1. The fourth-order valence-corrected chi connectivity index (χ4v) is 10.6. The molecule has 0 radical (unpaired) electrons. The first-order valence-electron chi connectivity index (χ1n) is 13.2. The number of aliphatic hydroxyl groups is 1. The maximum atomic E-state index is 10.2. The van der Waals surface area contributed by atoms with E-state index in [1.54, 1.807) is 0 Å². The van der Waals surface area contributed by atoms with Crippen LogP contribution in [-0.2, 0) is 17.3 Å². The van der Waals surface area contributed by atoms with Crippen LogP contribution in [-0.4, -0.2) is 26.1 Å². The van der Waals surface area contributed by atoms with E-state index in [1.165, 1.54) is 15.9 Å². The molecular formula is C32H39NO2Si. The summed E-state index contributed by atoms with van der Waals surface area (Å²) >= 11 is 0. The van der Waals surface area contributed by atoms with Crippen LogP contribution in [0.4, 0.5) is 0 Å². The van der Waals surface area contributed by atoms with Crippen LogP contribution in [0, 0.1) is 16.7 Å². The van der Waals surface area contributed by atoms with Gasteiger partial charge in [0.15, 0.2) is 0 Å². The molecule has 4 rings (SSSR count). The molecule has 0 unspecified atom stereocenters. The van der Waals surface area contributed by atoms with Crippen molar-refractivity contribution >= 4 is 18.7 Å². The number of benzene rings is 3. The lowest BCUT2D eigenvalue weighted by atomic mass is 9.70. The molecule has 4 heteroatoms. The van der Waals surface area contributed by atoms with E-state index in [0.29, 0.717) is 6.42 Å². The zero-order chi connectivity index (χ0) is 25.7. The first kappa shape index (κ1) is 26.4. The lowest BCUT2D eigenvalue weighted by Crippen LogP contribution is -2.68. The van der Waals surface area contributed by atoms with Gasteiger partial charge in [0.05, 0.1) is 11.5 Å². The summed E-state index contributed by atoms with van der Waals surface area (Å²) in [6.07, 6.45) is 5.10. The molecular weight excluding hydrogens is 458 g/mol. The van der Waals surface area contributed by atoms with E-state index in [0.717, 1.165) is 37.7 Å². The fourth-order valence-electron chi connectivity index (χ4n) is 5.87. The molecule has 0 spiro atoms. The fraction of sp³-hybridized carbons (Fsp3) is 0.406. The highest BCUT2D eigenvalue weighted by molar-refractivity contribution is 6.99. The number of rotatable bonds is 8. The molecule has 3 nitrogen and oxygen atoms in total. The Hall–Kier alpha value is -2.71. The number of hydrogen-bond acceptors (Lipinski definition) is 3. The zero-order valence-corrected chi connectivity index (χ0v) is 22.9. The summed E-state index contributed by atoms with van der Waals surface area (Å²) in [7, 11) is -2.58. The third kappa shape index (κ3) is 5.49. The quantitative estimate of drug-likeness (QED) is 0.401. The predicted molar refractivity (Wildman–Crippen MR) is 150 cm³/mol. The molecule has 188 valence electrons. The standard InChI is InChI=1S/C32H39NO2Si/c1-31(2,3)36(29-10-6-4-7-11-29,30-12-8-5-9-13-30)35-28-18-21-32(25-33,22-19-28)24-27-16-14-26(15-17-27)20-23-34/h4-17,28,34H,18-24H2,1-3H3. The Morgan fingerprint density at radius 1 is 0.861 bits per heavy atom. The summed E-state index contributed by atoms with van der Waals surface area (Å²) in [6.45, 7) is 7.13. The third-order valence-corrected chi connectivity index (χ3v) is 12.9. The highest BCUT2D eigenvalue weighted by Crippen LogP contribution is 2.43. The van der Waals surface area contributed by atoms with Gasteiger partial charge in [0.1, 0.15) is 0 Å². The summed E-state index contributed by atoms with van der Waals surface area (Å²) < 4.78 is 7.35. The largest absolute Gasteiger partial charge is 0.404 e. The monoisotopic (exact) mass is 497 g/mol. The van der Waals surface area contributed by atoms with Crippen LogP contribution in [0.15, 0.2) is 84.9 Å². The second kappa shape index (κ2) is 11.1. The Labute approximate surface area is 217 Å². The van der Waals surface area contributed by atoms with Crippen molar-refractivity contribution in [2.75, 3.05) is 6.61 Å². The van der Waals surface area contributed by atoms with Crippen molar-refractivity contribution in [1.82, 2.24) is 0 Å². The number of hydrogen-bond donors (Lipinski definition) is 1. The molecule has 1 fully saturated rings. The Kier molecular flexibility index (Phi) is 8.15. The van der Waals surface area contributed by atoms with Crippen molar-refractivity contribution in [2.24, 2.45) is 5.41 Å². The molecule has 0 aliphatic heterocycles. The summed E-state index contributed by atoms with van der Waals surface area (Å²) in [6, 6.07) is 32.7. The van der Waals surface area contributed by atoms with E-state index < -0.39 is 8.32 Å². The van der Waals surface area contributed by atoms with Crippen LogP contribution in [0.2, 0.25) is 5.04 Å². The zero-order valence-electron chi connectivity index (χ0n) is 21.9. The molecule has 0 heterocycles.